The first-order chi connectivity index (χ1) is 11.8. The van der Waals surface area contributed by atoms with Gasteiger partial charge in [-0.1, -0.05) is 26.8 Å². The van der Waals surface area contributed by atoms with Crippen LogP contribution in [0.1, 0.15) is 37.6 Å². The van der Waals surface area contributed by atoms with Crippen molar-refractivity contribution in [3.05, 3.63) is 48.0 Å². The lowest BCUT2D eigenvalue weighted by molar-refractivity contribution is -0.117. The Balaban J connectivity index is 2.02. The first kappa shape index (κ1) is 18.4. The number of hydrogen-bond acceptors (Lipinski definition) is 4. The molecule has 2 aromatic rings. The number of nitrogens with one attached hydrogen (secondary N) is 2. The zero-order valence-corrected chi connectivity index (χ0v) is 14.9. The third kappa shape index (κ3) is 5.91. The molecule has 0 aliphatic heterocycles. The van der Waals surface area contributed by atoms with E-state index in [2.05, 4.69) is 15.6 Å². The summed E-state index contributed by atoms with van der Waals surface area (Å²) in [7, 11) is 1.57. The fourth-order valence-corrected chi connectivity index (χ4v) is 2.17. The van der Waals surface area contributed by atoms with Gasteiger partial charge in [0, 0.05) is 12.0 Å². The predicted octanol–water partition coefficient (Wildman–Crippen LogP) is 3.72. The van der Waals surface area contributed by atoms with Crippen molar-refractivity contribution in [2.45, 2.75) is 27.2 Å². The van der Waals surface area contributed by atoms with E-state index in [1.807, 2.05) is 20.8 Å². The molecule has 1 heterocycles. The van der Waals surface area contributed by atoms with Gasteiger partial charge >= 0.3 is 0 Å². The quantitative estimate of drug-likeness (QED) is 0.868. The first-order valence-corrected chi connectivity index (χ1v) is 7.99. The third-order valence-corrected chi connectivity index (χ3v) is 3.30. The van der Waals surface area contributed by atoms with E-state index in [1.54, 1.807) is 49.6 Å². The van der Waals surface area contributed by atoms with Gasteiger partial charge < -0.3 is 15.4 Å². The minimum Gasteiger partial charge on any atom is -0.497 e. The zero-order valence-electron chi connectivity index (χ0n) is 14.9. The molecule has 0 radical (unpaired) electrons. The van der Waals surface area contributed by atoms with Gasteiger partial charge in [-0.3, -0.25) is 9.59 Å². The average Bonchev–Trinajstić information content (AvgIpc) is 2.53. The number of anilines is 2. The number of benzene rings is 1. The normalized spacial score (nSPS) is 10.9. The van der Waals surface area contributed by atoms with E-state index in [1.165, 1.54) is 0 Å². The highest BCUT2D eigenvalue weighted by molar-refractivity contribution is 6.04. The van der Waals surface area contributed by atoms with Crippen LogP contribution in [-0.2, 0) is 4.79 Å². The Morgan fingerprint density at radius 3 is 2.16 bits per heavy atom. The number of amides is 2. The number of hydrogen-bond donors (Lipinski definition) is 2. The summed E-state index contributed by atoms with van der Waals surface area (Å²) >= 11 is 0. The zero-order chi connectivity index (χ0) is 18.4. The van der Waals surface area contributed by atoms with Crippen LogP contribution in [0.4, 0.5) is 11.6 Å². The Kier molecular flexibility index (Phi) is 5.75. The summed E-state index contributed by atoms with van der Waals surface area (Å²) in [5.74, 6) is 1.06. The molecule has 132 valence electrons. The summed E-state index contributed by atoms with van der Waals surface area (Å²) in [5, 5.41) is 5.46. The fraction of sp³-hybridized carbons (Fsp3) is 0.316. The van der Waals surface area contributed by atoms with Crippen molar-refractivity contribution < 1.29 is 14.3 Å². The number of ether oxygens (including phenoxy) is 1. The monoisotopic (exact) mass is 341 g/mol. The van der Waals surface area contributed by atoms with Crippen LogP contribution in [0.15, 0.2) is 42.5 Å². The number of aromatic nitrogens is 1. The molecule has 0 fully saturated rings. The molecule has 0 aliphatic carbocycles. The summed E-state index contributed by atoms with van der Waals surface area (Å²) in [6, 6.07) is 11.8. The summed E-state index contributed by atoms with van der Waals surface area (Å²) in [4.78, 5) is 28.5. The largest absolute Gasteiger partial charge is 0.497 e. The minimum atomic E-state index is -0.284. The Bertz CT molecular complexity index is 749. The summed E-state index contributed by atoms with van der Waals surface area (Å²) in [5.41, 5.74) is 0.384. The van der Waals surface area contributed by atoms with Gasteiger partial charge in [0.2, 0.25) is 5.91 Å². The van der Waals surface area contributed by atoms with Crippen LogP contribution >= 0.6 is 0 Å². The maximum Gasteiger partial charge on any atom is 0.256 e. The van der Waals surface area contributed by atoms with Gasteiger partial charge in [0.15, 0.2) is 0 Å². The summed E-state index contributed by atoms with van der Waals surface area (Å²) in [6.07, 6.45) is 0.386. The highest BCUT2D eigenvalue weighted by Crippen LogP contribution is 2.20. The van der Waals surface area contributed by atoms with Crippen LogP contribution in [0.3, 0.4) is 0 Å². The van der Waals surface area contributed by atoms with E-state index in [9.17, 15) is 9.59 Å². The standard InChI is InChI=1S/C19H23N3O3/c1-19(2,3)12-17(23)21-15-6-5-7-16(20-15)22-18(24)13-8-10-14(25-4)11-9-13/h5-11H,12H2,1-4H3,(H2,20,21,22,23,24). The molecule has 2 N–H and O–H groups in total. The van der Waals surface area contributed by atoms with Crippen molar-refractivity contribution in [2.24, 2.45) is 5.41 Å². The number of nitrogens with zero attached hydrogens (tertiary/aromatic N) is 1. The molecular weight excluding hydrogens is 318 g/mol. The molecular formula is C19H23N3O3. The summed E-state index contributed by atoms with van der Waals surface area (Å²) < 4.78 is 5.07. The molecule has 1 aromatic carbocycles. The average molecular weight is 341 g/mol. The molecule has 1 aromatic heterocycles. The number of pyridine rings is 1. The highest BCUT2D eigenvalue weighted by Gasteiger charge is 2.16. The van der Waals surface area contributed by atoms with Gasteiger partial charge in [0.1, 0.15) is 17.4 Å². The Morgan fingerprint density at radius 2 is 1.60 bits per heavy atom. The Hall–Kier alpha value is -2.89. The van der Waals surface area contributed by atoms with Crippen LogP contribution in [0.25, 0.3) is 0 Å². The third-order valence-electron chi connectivity index (χ3n) is 3.30. The van der Waals surface area contributed by atoms with E-state index in [0.717, 1.165) is 0 Å². The first-order valence-electron chi connectivity index (χ1n) is 7.99. The van der Waals surface area contributed by atoms with E-state index in [0.29, 0.717) is 29.4 Å². The van der Waals surface area contributed by atoms with Crippen molar-refractivity contribution in [3.63, 3.8) is 0 Å². The predicted molar refractivity (Wildman–Crippen MR) is 97.9 cm³/mol. The van der Waals surface area contributed by atoms with Gasteiger partial charge in [0.05, 0.1) is 7.11 Å². The van der Waals surface area contributed by atoms with E-state index < -0.39 is 0 Å². The van der Waals surface area contributed by atoms with E-state index in [-0.39, 0.29) is 17.2 Å². The van der Waals surface area contributed by atoms with Crippen molar-refractivity contribution in [3.8, 4) is 5.75 Å². The molecule has 2 rings (SSSR count). The van der Waals surface area contributed by atoms with E-state index >= 15 is 0 Å². The van der Waals surface area contributed by atoms with Crippen molar-refractivity contribution in [1.82, 2.24) is 4.98 Å². The lowest BCUT2D eigenvalue weighted by Gasteiger charge is -2.17. The smallest absolute Gasteiger partial charge is 0.256 e. The highest BCUT2D eigenvalue weighted by atomic mass is 16.5. The molecule has 2 amide bonds. The van der Waals surface area contributed by atoms with Gasteiger partial charge in [-0.15, -0.1) is 0 Å². The van der Waals surface area contributed by atoms with Gasteiger partial charge in [-0.05, 0) is 41.8 Å². The van der Waals surface area contributed by atoms with Gasteiger partial charge in [-0.2, -0.15) is 0 Å². The second kappa shape index (κ2) is 7.79. The topological polar surface area (TPSA) is 80.3 Å². The Morgan fingerprint density at radius 1 is 1.00 bits per heavy atom. The van der Waals surface area contributed by atoms with Crippen molar-refractivity contribution in [1.29, 1.82) is 0 Å². The molecule has 0 unspecified atom stereocenters. The SMILES string of the molecule is COc1ccc(C(=O)Nc2cccc(NC(=O)CC(C)(C)C)n2)cc1. The van der Waals surface area contributed by atoms with Crippen molar-refractivity contribution in [2.75, 3.05) is 17.7 Å². The number of carbonyl (C=O) groups is 2. The molecule has 25 heavy (non-hydrogen) atoms. The number of methoxy groups -OCH3 is 1. The summed E-state index contributed by atoms with van der Waals surface area (Å²) in [6.45, 7) is 5.97. The molecule has 0 saturated carbocycles. The molecule has 0 atom stereocenters. The van der Waals surface area contributed by atoms with Crippen LogP contribution in [0.2, 0.25) is 0 Å². The molecule has 0 bridgehead atoms. The molecule has 0 aliphatic rings. The van der Waals surface area contributed by atoms with E-state index in [4.69, 9.17) is 4.74 Å². The maximum atomic E-state index is 12.3. The Labute approximate surface area is 147 Å². The number of carbonyl (C=O) groups excluding carboxylic acids is 2. The van der Waals surface area contributed by atoms with Crippen LogP contribution in [0.5, 0.6) is 5.75 Å². The molecule has 0 saturated heterocycles. The van der Waals surface area contributed by atoms with Crippen LogP contribution in [0, 0.1) is 5.41 Å². The maximum absolute atomic E-state index is 12.3. The van der Waals surface area contributed by atoms with Gasteiger partial charge in [-0.25, -0.2) is 4.98 Å². The fourth-order valence-electron chi connectivity index (χ4n) is 2.17. The number of rotatable bonds is 5. The van der Waals surface area contributed by atoms with Crippen LogP contribution in [-0.4, -0.2) is 23.9 Å². The van der Waals surface area contributed by atoms with Gasteiger partial charge in [0.25, 0.3) is 5.91 Å². The molecule has 6 nitrogen and oxygen atoms in total. The minimum absolute atomic E-state index is 0.107. The lowest BCUT2D eigenvalue weighted by Crippen LogP contribution is -2.20. The second-order valence-electron chi connectivity index (χ2n) is 6.88. The van der Waals surface area contributed by atoms with Crippen molar-refractivity contribution >= 4 is 23.5 Å². The van der Waals surface area contributed by atoms with Crippen LogP contribution < -0.4 is 15.4 Å². The lowest BCUT2D eigenvalue weighted by atomic mass is 9.92. The second-order valence-corrected chi connectivity index (χ2v) is 6.88. The molecule has 6 heteroatoms. The molecule has 0 spiro atoms.